The summed E-state index contributed by atoms with van der Waals surface area (Å²) in [5.41, 5.74) is 1.32. The predicted octanol–water partition coefficient (Wildman–Crippen LogP) is 2.23. The standard InChI is InChI=1S/C20H20F3N3O7S/c1-2-32-20(28)25-7-8-26(17(11-25)19(27)24-29)34(30,31)14-9-15(22)18(16(23)10-14)33-13-5-3-12(21)4-6-13/h3-6,9-10,17,29H,2,7-8,11H2,1H3,(H,24,27)/t17-/m1/s1. The molecule has 0 saturated carbocycles. The van der Waals surface area contributed by atoms with Gasteiger partial charge in [-0.15, -0.1) is 0 Å². The van der Waals surface area contributed by atoms with Crippen LogP contribution in [0.2, 0.25) is 0 Å². The Morgan fingerprint density at radius 3 is 2.29 bits per heavy atom. The Morgan fingerprint density at radius 2 is 1.74 bits per heavy atom. The zero-order valence-corrected chi connectivity index (χ0v) is 18.5. The van der Waals surface area contributed by atoms with Gasteiger partial charge in [-0.05, 0) is 43.3 Å². The van der Waals surface area contributed by atoms with Crippen molar-refractivity contribution in [3.63, 3.8) is 0 Å². The number of rotatable bonds is 6. The molecule has 14 heteroatoms. The molecular weight excluding hydrogens is 483 g/mol. The Hall–Kier alpha value is -3.36. The highest BCUT2D eigenvalue weighted by Gasteiger charge is 2.42. The lowest BCUT2D eigenvalue weighted by molar-refractivity contribution is -0.134. The Balaban J connectivity index is 1.91. The van der Waals surface area contributed by atoms with Crippen LogP contribution >= 0.6 is 0 Å². The maximum absolute atomic E-state index is 14.6. The molecule has 10 nitrogen and oxygen atoms in total. The van der Waals surface area contributed by atoms with Gasteiger partial charge in [0, 0.05) is 19.6 Å². The summed E-state index contributed by atoms with van der Waals surface area (Å²) in [7, 11) is -4.67. The second-order valence-electron chi connectivity index (χ2n) is 7.02. The van der Waals surface area contributed by atoms with E-state index in [0.29, 0.717) is 16.4 Å². The quantitative estimate of drug-likeness (QED) is 0.458. The van der Waals surface area contributed by atoms with Crippen molar-refractivity contribution in [1.82, 2.24) is 14.7 Å². The zero-order chi connectivity index (χ0) is 25.0. The van der Waals surface area contributed by atoms with E-state index in [0.717, 1.165) is 29.2 Å². The SMILES string of the molecule is CCOC(=O)N1CCN(S(=O)(=O)c2cc(F)c(Oc3ccc(F)cc3)c(F)c2)[C@@H](C(=O)NO)C1. The summed E-state index contributed by atoms with van der Waals surface area (Å²) in [5.74, 6) is -5.49. The van der Waals surface area contributed by atoms with E-state index in [1.54, 1.807) is 6.92 Å². The molecule has 0 aromatic heterocycles. The van der Waals surface area contributed by atoms with Gasteiger partial charge in [-0.1, -0.05) is 0 Å². The van der Waals surface area contributed by atoms with Gasteiger partial charge < -0.3 is 14.4 Å². The van der Waals surface area contributed by atoms with Crippen molar-refractivity contribution in [3.05, 3.63) is 53.8 Å². The summed E-state index contributed by atoms with van der Waals surface area (Å²) < 4.78 is 79.1. The maximum atomic E-state index is 14.6. The minimum Gasteiger partial charge on any atom is -0.451 e. The fourth-order valence-corrected chi connectivity index (χ4v) is 4.86. The van der Waals surface area contributed by atoms with Crippen molar-refractivity contribution in [1.29, 1.82) is 0 Å². The molecular formula is C20H20F3N3O7S. The predicted molar refractivity (Wildman–Crippen MR) is 109 cm³/mol. The van der Waals surface area contributed by atoms with E-state index in [1.165, 1.54) is 5.48 Å². The normalized spacial score (nSPS) is 16.7. The monoisotopic (exact) mass is 503 g/mol. The van der Waals surface area contributed by atoms with Gasteiger partial charge in [0.25, 0.3) is 5.91 Å². The molecule has 1 heterocycles. The molecule has 2 N–H and O–H groups in total. The van der Waals surface area contributed by atoms with Gasteiger partial charge in [-0.3, -0.25) is 10.0 Å². The van der Waals surface area contributed by atoms with Gasteiger partial charge in [0.2, 0.25) is 10.0 Å². The van der Waals surface area contributed by atoms with Crippen molar-refractivity contribution in [2.75, 3.05) is 26.2 Å². The molecule has 1 fully saturated rings. The largest absolute Gasteiger partial charge is 0.451 e. The van der Waals surface area contributed by atoms with E-state index in [-0.39, 0.29) is 18.9 Å². The van der Waals surface area contributed by atoms with Crippen LogP contribution in [0.3, 0.4) is 0 Å². The Kier molecular flexibility index (Phi) is 7.64. The van der Waals surface area contributed by atoms with Crippen molar-refractivity contribution in [2.45, 2.75) is 17.9 Å². The van der Waals surface area contributed by atoms with E-state index < -0.39 is 69.3 Å². The van der Waals surface area contributed by atoms with Crippen LogP contribution < -0.4 is 10.2 Å². The molecule has 0 unspecified atom stereocenters. The van der Waals surface area contributed by atoms with E-state index in [4.69, 9.17) is 14.7 Å². The third-order valence-corrected chi connectivity index (χ3v) is 6.77. The smallest absolute Gasteiger partial charge is 0.409 e. The number of sulfonamides is 1. The van der Waals surface area contributed by atoms with E-state index in [1.807, 2.05) is 0 Å². The number of carbonyl (C=O) groups excluding carboxylic acids is 2. The fourth-order valence-electron chi connectivity index (χ4n) is 3.26. The molecule has 0 bridgehead atoms. The van der Waals surface area contributed by atoms with E-state index in [9.17, 15) is 31.2 Å². The lowest BCUT2D eigenvalue weighted by Crippen LogP contribution is -2.61. The average molecular weight is 503 g/mol. The van der Waals surface area contributed by atoms with Gasteiger partial charge >= 0.3 is 6.09 Å². The highest BCUT2D eigenvalue weighted by molar-refractivity contribution is 7.89. The number of ether oxygens (including phenoxy) is 2. The molecule has 2 aromatic carbocycles. The molecule has 0 spiro atoms. The number of amides is 2. The third-order valence-electron chi connectivity index (χ3n) is 4.88. The van der Waals surface area contributed by atoms with Crippen molar-refractivity contribution in [2.24, 2.45) is 0 Å². The molecule has 3 rings (SSSR count). The first-order chi connectivity index (χ1) is 16.1. The second-order valence-corrected chi connectivity index (χ2v) is 8.92. The number of nitrogens with one attached hydrogen (secondary N) is 1. The number of piperazine rings is 1. The average Bonchev–Trinajstić information content (AvgIpc) is 2.81. The van der Waals surface area contributed by atoms with Crippen LogP contribution in [0.5, 0.6) is 11.5 Å². The molecule has 0 radical (unpaired) electrons. The highest BCUT2D eigenvalue weighted by atomic mass is 32.2. The number of benzene rings is 2. The number of hydrogen-bond acceptors (Lipinski definition) is 7. The Bertz CT molecular complexity index is 1160. The van der Waals surface area contributed by atoms with Crippen LogP contribution in [0.25, 0.3) is 0 Å². The summed E-state index contributed by atoms with van der Waals surface area (Å²) >= 11 is 0. The number of hydrogen-bond donors (Lipinski definition) is 2. The summed E-state index contributed by atoms with van der Waals surface area (Å²) in [6, 6.07) is 3.67. The molecule has 1 aliphatic rings. The minimum absolute atomic E-state index is 0.0408. The second kappa shape index (κ2) is 10.3. The lowest BCUT2D eigenvalue weighted by atomic mass is 10.2. The summed E-state index contributed by atoms with van der Waals surface area (Å²) in [6.45, 7) is 0.531. The number of carbonyl (C=O) groups is 2. The molecule has 2 amide bonds. The van der Waals surface area contributed by atoms with Crippen LogP contribution in [-0.2, 0) is 19.6 Å². The molecule has 1 atom stereocenters. The Morgan fingerprint density at radius 1 is 1.12 bits per heavy atom. The number of hydroxylamine groups is 1. The molecule has 34 heavy (non-hydrogen) atoms. The first kappa shape index (κ1) is 25.3. The minimum atomic E-state index is -4.67. The topological polar surface area (TPSA) is 125 Å². The van der Waals surface area contributed by atoms with Crippen molar-refractivity contribution in [3.8, 4) is 11.5 Å². The van der Waals surface area contributed by atoms with E-state index >= 15 is 0 Å². The number of halogens is 3. The van der Waals surface area contributed by atoms with Crippen LogP contribution in [0.15, 0.2) is 41.3 Å². The first-order valence-electron chi connectivity index (χ1n) is 9.88. The third kappa shape index (κ3) is 5.24. The van der Waals surface area contributed by atoms with Gasteiger partial charge in [0.1, 0.15) is 17.6 Å². The fraction of sp³-hybridized carbons (Fsp3) is 0.300. The van der Waals surface area contributed by atoms with Crippen molar-refractivity contribution >= 4 is 22.0 Å². The van der Waals surface area contributed by atoms with Gasteiger partial charge in [-0.2, -0.15) is 4.31 Å². The highest BCUT2D eigenvalue weighted by Crippen LogP contribution is 2.32. The lowest BCUT2D eigenvalue weighted by Gasteiger charge is -2.38. The molecule has 184 valence electrons. The molecule has 2 aromatic rings. The van der Waals surface area contributed by atoms with Gasteiger partial charge in [0.05, 0.1) is 11.5 Å². The van der Waals surface area contributed by atoms with Crippen LogP contribution in [0.1, 0.15) is 6.92 Å². The maximum Gasteiger partial charge on any atom is 0.409 e. The molecule has 0 aliphatic carbocycles. The van der Waals surface area contributed by atoms with Crippen molar-refractivity contribution < 1.29 is 45.9 Å². The first-order valence-corrected chi connectivity index (χ1v) is 11.3. The summed E-state index contributed by atoms with van der Waals surface area (Å²) in [6.07, 6.45) is -0.797. The Labute approximate surface area is 192 Å². The summed E-state index contributed by atoms with van der Waals surface area (Å²) in [4.78, 5) is 24.4. The van der Waals surface area contributed by atoms with Gasteiger partial charge in [0.15, 0.2) is 17.4 Å². The van der Waals surface area contributed by atoms with Crippen LogP contribution in [-0.4, -0.2) is 67.1 Å². The zero-order valence-electron chi connectivity index (χ0n) is 17.7. The molecule has 1 saturated heterocycles. The number of nitrogens with zero attached hydrogens (tertiary/aromatic N) is 2. The van der Waals surface area contributed by atoms with Gasteiger partial charge in [-0.25, -0.2) is 31.9 Å². The summed E-state index contributed by atoms with van der Waals surface area (Å²) in [5, 5.41) is 9.04. The van der Waals surface area contributed by atoms with Crippen LogP contribution in [0.4, 0.5) is 18.0 Å². The molecule has 1 aliphatic heterocycles. The van der Waals surface area contributed by atoms with E-state index in [2.05, 4.69) is 0 Å². The van der Waals surface area contributed by atoms with Crippen LogP contribution in [0, 0.1) is 17.5 Å².